The van der Waals surface area contributed by atoms with Crippen molar-refractivity contribution in [1.29, 1.82) is 0 Å². The average Bonchev–Trinajstić information content (AvgIpc) is 3.61. The third-order valence-corrected chi connectivity index (χ3v) is 14.3. The summed E-state index contributed by atoms with van der Waals surface area (Å²) in [5, 5.41) is 12.6. The lowest BCUT2D eigenvalue weighted by molar-refractivity contribution is -0.192. The third kappa shape index (κ3) is 22.3. The number of aliphatic carboxylic acids is 1. The number of esters is 1. The van der Waals surface area contributed by atoms with Crippen LogP contribution in [0.5, 0.6) is 0 Å². The highest BCUT2D eigenvalue weighted by Crippen LogP contribution is 2.41. The number of thioether (sulfide) groups is 1. The van der Waals surface area contributed by atoms with Gasteiger partial charge in [-0.1, -0.05) is 90.4 Å². The molecule has 0 aliphatic carbocycles. The largest absolute Gasteiger partial charge is 0.490 e. The maximum absolute atomic E-state index is 15.3. The van der Waals surface area contributed by atoms with Crippen LogP contribution in [0.15, 0.2) is 60.8 Å². The van der Waals surface area contributed by atoms with Gasteiger partial charge in [0.25, 0.3) is 0 Å². The Kier molecular flexibility index (Phi) is 23.3. The number of nitrogens with two attached hydrogens (primary N) is 1. The maximum Gasteiger partial charge on any atom is 0.490 e. The molecule has 0 aliphatic heterocycles. The summed E-state index contributed by atoms with van der Waals surface area (Å²) >= 11 is 1.29. The third-order valence-electron chi connectivity index (χ3n) is 9.92. The van der Waals surface area contributed by atoms with E-state index in [1.54, 1.807) is 11.1 Å². The minimum atomic E-state index is -5.08. The number of hydrogen-bond acceptors (Lipinski definition) is 9. The first-order valence-electron chi connectivity index (χ1n) is 22.0. The number of alkyl carbamates (subject to hydrolysis) is 1. The normalized spacial score (nSPS) is 12.8. The van der Waals surface area contributed by atoms with E-state index in [4.69, 9.17) is 25.1 Å². The highest BCUT2D eigenvalue weighted by atomic mass is 32.2. The molecule has 0 aliphatic rings. The molecule has 5 N–H and O–H groups in total. The summed E-state index contributed by atoms with van der Waals surface area (Å²) < 4.78 is 74.3. The number of nitrogens with zero attached hydrogens (tertiary/aromatic N) is 2. The number of rotatable bonds is 23. The molecule has 3 rings (SSSR count). The van der Waals surface area contributed by atoms with Crippen molar-refractivity contribution >= 4 is 57.8 Å². The fourth-order valence-electron chi connectivity index (χ4n) is 6.40. The minimum absolute atomic E-state index is 0.0375. The van der Waals surface area contributed by atoms with E-state index >= 15 is 4.39 Å². The van der Waals surface area contributed by atoms with E-state index in [0.717, 1.165) is 35.5 Å². The topological polar surface area (TPSA) is 182 Å². The van der Waals surface area contributed by atoms with Gasteiger partial charge in [0, 0.05) is 77.5 Å². The molecule has 3 amide bonds. The maximum atomic E-state index is 15.3. The number of carbonyl (C=O) groups excluding carboxylic acids is 4. The molecular weight excluding hydrogens is 934 g/mol. The van der Waals surface area contributed by atoms with Crippen LogP contribution in [0.4, 0.5) is 26.7 Å². The number of aromatic nitrogens is 1. The summed E-state index contributed by atoms with van der Waals surface area (Å²) in [4.78, 5) is 63.1. The Labute approximate surface area is 397 Å². The lowest BCUT2D eigenvalue weighted by Crippen LogP contribution is -2.47. The summed E-state index contributed by atoms with van der Waals surface area (Å²) in [5.41, 5.74) is 7.52. The molecule has 0 bridgehead atoms. The van der Waals surface area contributed by atoms with Gasteiger partial charge in [0.1, 0.15) is 17.7 Å². The van der Waals surface area contributed by atoms with Gasteiger partial charge in [-0.05, 0) is 53.8 Å². The van der Waals surface area contributed by atoms with Gasteiger partial charge in [-0.3, -0.25) is 9.59 Å². The lowest BCUT2D eigenvalue weighted by atomic mass is 9.83. The second-order valence-corrected chi connectivity index (χ2v) is 31.8. The molecule has 1 heterocycles. The first-order valence-corrected chi connectivity index (χ1v) is 30.5. The first kappa shape index (κ1) is 58.4. The number of nitrogens with one attached hydrogen (secondary N) is 2. The Morgan fingerprint density at radius 3 is 2.04 bits per heavy atom. The summed E-state index contributed by atoms with van der Waals surface area (Å²) in [7, 11) is -2.81. The van der Waals surface area contributed by atoms with E-state index in [1.165, 1.54) is 17.8 Å². The molecule has 2 unspecified atom stereocenters. The number of benzene rings is 2. The van der Waals surface area contributed by atoms with Crippen LogP contribution in [-0.4, -0.2) is 117 Å². The molecular formula is C46H68F5N5O8SSi2. The van der Waals surface area contributed by atoms with Crippen molar-refractivity contribution in [3.63, 3.8) is 0 Å². The summed E-state index contributed by atoms with van der Waals surface area (Å²) in [6, 6.07) is 15.1. The first-order chi connectivity index (χ1) is 31.0. The second-order valence-electron chi connectivity index (χ2n) is 19.4. The molecule has 0 spiro atoms. The predicted molar refractivity (Wildman–Crippen MR) is 257 cm³/mol. The molecule has 13 nitrogen and oxygen atoms in total. The number of ether oxygens (including phenoxy) is 2. The van der Waals surface area contributed by atoms with Crippen LogP contribution in [-0.2, 0) is 35.2 Å². The number of halogens is 5. The van der Waals surface area contributed by atoms with Crippen molar-refractivity contribution in [3.8, 4) is 11.1 Å². The van der Waals surface area contributed by atoms with Gasteiger partial charge in [0.05, 0.1) is 25.0 Å². The summed E-state index contributed by atoms with van der Waals surface area (Å²) in [6.45, 7) is 20.7. The lowest BCUT2D eigenvalue weighted by Gasteiger charge is -2.41. The zero-order chi connectivity index (χ0) is 50.8. The SMILES string of the molecule is CC(C)(C)C(c1cc(-c2cc(F)ccc2F)cn1Cc1ccccc1)N(CCCNC(=O)OCC[Si](C)(C)C)C(=O)CSCCC(=O)NC(CN)C(=O)OCC[Si](C)(C)C.O=C(O)C(F)(F)F. The van der Waals surface area contributed by atoms with Gasteiger partial charge < -0.3 is 40.4 Å². The Balaban J connectivity index is 0.00000203. The van der Waals surface area contributed by atoms with Crippen LogP contribution in [0.1, 0.15) is 50.9 Å². The van der Waals surface area contributed by atoms with Gasteiger partial charge in [0.15, 0.2) is 0 Å². The monoisotopic (exact) mass is 1000 g/mol. The van der Waals surface area contributed by atoms with Crippen LogP contribution < -0.4 is 16.4 Å². The van der Waals surface area contributed by atoms with Crippen molar-refractivity contribution in [3.05, 3.63) is 83.7 Å². The number of amides is 3. The number of carbonyl (C=O) groups is 5. The standard InChI is InChI=1S/C44H67F2N5O6SSi2.C2HF3O2/c1-44(2,3)41(38-26-33(35-27-34(45)16-17-36(35)46)30-50(38)29-32-14-11-10-12-15-32)51(20-13-19-48-43(55)57-22-25-60(7,8)9)40(53)31-58-23-18-39(52)49-37(28-47)42(54)56-21-24-59(4,5)6;3-2(4,5)1(6)7/h10-12,14-17,26-27,30,37,41H,13,18-25,28-29,31,47H2,1-9H3,(H,48,55)(H,49,52);(H,6,7). The predicted octanol–water partition coefficient (Wildman–Crippen LogP) is 8.93. The number of carboxylic acids is 1. The molecule has 374 valence electrons. The van der Waals surface area contributed by atoms with Crippen LogP contribution in [0.25, 0.3) is 11.1 Å². The molecule has 2 atom stereocenters. The van der Waals surface area contributed by atoms with Crippen molar-refractivity contribution < 1.29 is 60.5 Å². The molecule has 67 heavy (non-hydrogen) atoms. The van der Waals surface area contributed by atoms with Gasteiger partial charge in [-0.25, -0.2) is 23.2 Å². The molecule has 1 aromatic heterocycles. The van der Waals surface area contributed by atoms with Crippen molar-refractivity contribution in [2.75, 3.05) is 44.4 Å². The van der Waals surface area contributed by atoms with Crippen LogP contribution in [0.3, 0.4) is 0 Å². The Morgan fingerprint density at radius 1 is 0.896 bits per heavy atom. The van der Waals surface area contributed by atoms with Crippen LogP contribution >= 0.6 is 11.8 Å². The van der Waals surface area contributed by atoms with E-state index in [1.807, 2.05) is 61.7 Å². The zero-order valence-electron chi connectivity index (χ0n) is 40.0. The summed E-state index contributed by atoms with van der Waals surface area (Å²) in [5.74, 6) is -4.70. The van der Waals surface area contributed by atoms with E-state index in [-0.39, 0.29) is 55.8 Å². The van der Waals surface area contributed by atoms with E-state index in [2.05, 4.69) is 49.9 Å². The van der Waals surface area contributed by atoms with E-state index in [0.29, 0.717) is 30.9 Å². The molecule has 0 saturated heterocycles. The van der Waals surface area contributed by atoms with Gasteiger partial charge in [-0.2, -0.15) is 24.9 Å². The average molecular weight is 1000 g/mol. The Morgan fingerprint density at radius 2 is 1.49 bits per heavy atom. The van der Waals surface area contributed by atoms with Gasteiger partial charge >= 0.3 is 24.2 Å². The molecule has 0 saturated carbocycles. The zero-order valence-corrected chi connectivity index (χ0v) is 42.8. The summed E-state index contributed by atoms with van der Waals surface area (Å²) in [6.07, 6.45) is -3.34. The number of alkyl halides is 3. The molecule has 21 heteroatoms. The second kappa shape index (κ2) is 26.7. The fourth-order valence-corrected chi connectivity index (χ4v) is 8.64. The minimum Gasteiger partial charge on any atom is -0.475 e. The quantitative estimate of drug-likeness (QED) is 0.0310. The Hall–Kier alpha value is -4.74. The van der Waals surface area contributed by atoms with Crippen LogP contribution in [0, 0.1) is 17.0 Å². The van der Waals surface area contributed by atoms with E-state index in [9.17, 15) is 36.7 Å². The smallest absolute Gasteiger partial charge is 0.475 e. The Bertz CT molecular complexity index is 2080. The van der Waals surface area contributed by atoms with Crippen molar-refractivity contribution in [2.45, 2.75) is 110 Å². The molecule has 0 fully saturated rings. The van der Waals surface area contributed by atoms with Crippen molar-refractivity contribution in [2.24, 2.45) is 11.1 Å². The van der Waals surface area contributed by atoms with Gasteiger partial charge in [-0.15, -0.1) is 0 Å². The highest BCUT2D eigenvalue weighted by Gasteiger charge is 2.39. The number of hydrogen-bond donors (Lipinski definition) is 4. The number of carboxylic acid groups (broad SMARTS) is 1. The molecule has 3 aromatic rings. The van der Waals surface area contributed by atoms with Gasteiger partial charge in [0.2, 0.25) is 11.8 Å². The van der Waals surface area contributed by atoms with Crippen LogP contribution in [0.2, 0.25) is 51.4 Å². The highest BCUT2D eigenvalue weighted by molar-refractivity contribution is 7.99. The van der Waals surface area contributed by atoms with Crippen molar-refractivity contribution in [1.82, 2.24) is 20.1 Å². The molecule has 2 aromatic carbocycles. The molecule has 0 radical (unpaired) electrons. The fraction of sp³-hybridized carbons (Fsp3) is 0.543. The van der Waals surface area contributed by atoms with E-state index < -0.39 is 69.5 Å².